The zero-order valence-corrected chi connectivity index (χ0v) is 11.7. The Bertz CT molecular complexity index is 644. The van der Waals surface area contributed by atoms with Crippen molar-refractivity contribution in [1.82, 2.24) is 0 Å². The van der Waals surface area contributed by atoms with Crippen molar-refractivity contribution in [2.45, 2.75) is 11.3 Å². The molecule has 102 valence electrons. The minimum absolute atomic E-state index is 0.0170. The Balaban J connectivity index is 1.82. The zero-order valence-electron chi connectivity index (χ0n) is 10.9. The van der Waals surface area contributed by atoms with Crippen molar-refractivity contribution in [3.05, 3.63) is 59.9 Å². The molecule has 2 nitrogen and oxygen atoms in total. The molecule has 2 aromatic carbocycles. The Kier molecular flexibility index (Phi) is 3.74. The van der Waals surface area contributed by atoms with Gasteiger partial charge in [0.1, 0.15) is 5.82 Å². The number of rotatable bonds is 2. The minimum Gasteiger partial charge on any atom is -0.310 e. The third-order valence-electron chi connectivity index (χ3n) is 3.27. The lowest BCUT2D eigenvalue weighted by Crippen LogP contribution is -2.36. The molecule has 2 aromatic rings. The van der Waals surface area contributed by atoms with E-state index in [1.807, 2.05) is 24.3 Å². The van der Waals surface area contributed by atoms with Gasteiger partial charge < -0.3 is 4.90 Å². The second-order valence-corrected chi connectivity index (χ2v) is 5.81. The van der Waals surface area contributed by atoms with Gasteiger partial charge in [0.15, 0.2) is 0 Å². The lowest BCUT2D eigenvalue weighted by Gasteiger charge is -2.29. The molecule has 0 spiro atoms. The number of amides is 1. The Labute approximate surface area is 121 Å². The van der Waals surface area contributed by atoms with E-state index in [4.69, 9.17) is 0 Å². The van der Waals surface area contributed by atoms with Gasteiger partial charge in [0.05, 0.1) is 12.1 Å². The van der Waals surface area contributed by atoms with Crippen molar-refractivity contribution in [3.8, 4) is 0 Å². The highest BCUT2D eigenvalue weighted by Gasteiger charge is 2.22. The summed E-state index contributed by atoms with van der Waals surface area (Å²) < 4.78 is 13.2. The molecular weight excluding hydrogens is 273 g/mol. The maximum atomic E-state index is 13.2. The van der Waals surface area contributed by atoms with E-state index in [1.165, 1.54) is 12.1 Å². The summed E-state index contributed by atoms with van der Waals surface area (Å²) in [4.78, 5) is 15.4. The molecule has 0 N–H and O–H groups in total. The first-order valence-corrected chi connectivity index (χ1v) is 7.49. The number of fused-ring (bicyclic) bond motifs is 1. The highest BCUT2D eigenvalue weighted by atomic mass is 32.2. The Morgan fingerprint density at radius 3 is 2.90 bits per heavy atom. The molecule has 1 aliphatic rings. The summed E-state index contributed by atoms with van der Waals surface area (Å²) in [7, 11) is 0. The fourth-order valence-corrected chi connectivity index (χ4v) is 3.34. The average Bonchev–Trinajstić information content (AvgIpc) is 2.46. The summed E-state index contributed by atoms with van der Waals surface area (Å²) >= 11 is 1.76. The SMILES string of the molecule is O=C(Cc1cccc(F)c1)N1CCSc2ccccc21. The molecule has 3 rings (SSSR count). The molecule has 0 saturated carbocycles. The molecule has 0 saturated heterocycles. The van der Waals surface area contributed by atoms with Gasteiger partial charge in [-0.1, -0.05) is 24.3 Å². The van der Waals surface area contributed by atoms with Gasteiger partial charge in [-0.3, -0.25) is 4.79 Å². The van der Waals surface area contributed by atoms with Crippen LogP contribution in [0.25, 0.3) is 0 Å². The fourth-order valence-electron chi connectivity index (χ4n) is 2.35. The van der Waals surface area contributed by atoms with Crippen LogP contribution in [0.4, 0.5) is 10.1 Å². The van der Waals surface area contributed by atoms with Gasteiger partial charge in [0.25, 0.3) is 0 Å². The second-order valence-electron chi connectivity index (χ2n) is 4.67. The number of hydrogen-bond acceptors (Lipinski definition) is 2. The molecular formula is C16H14FNOS. The largest absolute Gasteiger partial charge is 0.310 e. The Morgan fingerprint density at radius 2 is 2.05 bits per heavy atom. The smallest absolute Gasteiger partial charge is 0.231 e. The standard InChI is InChI=1S/C16H14FNOS/c17-13-5-3-4-12(10-13)11-16(19)18-8-9-20-15-7-2-1-6-14(15)18/h1-7,10H,8-9,11H2. The van der Waals surface area contributed by atoms with E-state index in [9.17, 15) is 9.18 Å². The van der Waals surface area contributed by atoms with Crippen molar-refractivity contribution < 1.29 is 9.18 Å². The van der Waals surface area contributed by atoms with Crippen LogP contribution < -0.4 is 4.90 Å². The Hall–Kier alpha value is -1.81. The summed E-state index contributed by atoms with van der Waals surface area (Å²) in [6, 6.07) is 14.1. The summed E-state index contributed by atoms with van der Waals surface area (Å²) in [5.74, 6) is 0.611. The van der Waals surface area contributed by atoms with E-state index in [1.54, 1.807) is 28.8 Å². The van der Waals surface area contributed by atoms with E-state index in [-0.39, 0.29) is 18.1 Å². The third kappa shape index (κ3) is 2.70. The number of carbonyl (C=O) groups excluding carboxylic acids is 1. The first kappa shape index (κ1) is 13.2. The minimum atomic E-state index is -0.301. The predicted octanol–water partition coefficient (Wildman–Crippen LogP) is 3.51. The van der Waals surface area contributed by atoms with Crippen LogP contribution in [0, 0.1) is 5.82 Å². The Morgan fingerprint density at radius 1 is 1.20 bits per heavy atom. The van der Waals surface area contributed by atoms with Crippen LogP contribution in [0.3, 0.4) is 0 Å². The lowest BCUT2D eigenvalue weighted by atomic mass is 10.1. The molecule has 0 unspecified atom stereocenters. The number of para-hydroxylation sites is 1. The third-order valence-corrected chi connectivity index (χ3v) is 4.32. The molecule has 0 fully saturated rings. The van der Waals surface area contributed by atoms with Gasteiger partial charge >= 0.3 is 0 Å². The molecule has 4 heteroatoms. The molecule has 1 amide bonds. The van der Waals surface area contributed by atoms with Gasteiger partial charge in [-0.2, -0.15) is 0 Å². The van der Waals surface area contributed by atoms with Crippen molar-refractivity contribution in [2.24, 2.45) is 0 Å². The summed E-state index contributed by atoms with van der Waals surface area (Å²) in [5.41, 5.74) is 1.68. The van der Waals surface area contributed by atoms with Gasteiger partial charge in [0.2, 0.25) is 5.91 Å². The fraction of sp³-hybridized carbons (Fsp3) is 0.188. The second kappa shape index (κ2) is 5.67. The molecule has 1 heterocycles. The van der Waals surface area contributed by atoms with Crippen LogP contribution in [-0.4, -0.2) is 18.2 Å². The van der Waals surface area contributed by atoms with Crippen molar-refractivity contribution in [1.29, 1.82) is 0 Å². The lowest BCUT2D eigenvalue weighted by molar-refractivity contribution is -0.118. The van der Waals surface area contributed by atoms with Crippen LogP contribution in [-0.2, 0) is 11.2 Å². The zero-order chi connectivity index (χ0) is 13.9. The maximum Gasteiger partial charge on any atom is 0.231 e. The molecule has 0 aliphatic carbocycles. The predicted molar refractivity (Wildman–Crippen MR) is 79.6 cm³/mol. The van der Waals surface area contributed by atoms with E-state index < -0.39 is 0 Å². The van der Waals surface area contributed by atoms with E-state index in [0.717, 1.165) is 16.3 Å². The number of benzene rings is 2. The number of thioether (sulfide) groups is 1. The highest BCUT2D eigenvalue weighted by Crippen LogP contribution is 2.34. The summed E-state index contributed by atoms with van der Waals surface area (Å²) in [5, 5.41) is 0. The van der Waals surface area contributed by atoms with Crippen LogP contribution >= 0.6 is 11.8 Å². The number of hydrogen-bond donors (Lipinski definition) is 0. The number of carbonyl (C=O) groups is 1. The number of halogens is 1. The van der Waals surface area contributed by atoms with Crippen LogP contribution in [0.2, 0.25) is 0 Å². The van der Waals surface area contributed by atoms with Crippen LogP contribution in [0.5, 0.6) is 0 Å². The number of nitrogens with zero attached hydrogens (tertiary/aromatic N) is 1. The van der Waals surface area contributed by atoms with Gasteiger partial charge in [-0.25, -0.2) is 4.39 Å². The molecule has 0 aromatic heterocycles. The highest BCUT2D eigenvalue weighted by molar-refractivity contribution is 7.99. The first-order valence-electron chi connectivity index (χ1n) is 6.51. The van der Waals surface area contributed by atoms with Gasteiger partial charge in [-0.15, -0.1) is 11.8 Å². The van der Waals surface area contributed by atoms with E-state index in [2.05, 4.69) is 0 Å². The molecule has 0 radical (unpaired) electrons. The number of anilines is 1. The van der Waals surface area contributed by atoms with Gasteiger partial charge in [-0.05, 0) is 29.8 Å². The molecule has 0 atom stereocenters. The first-order chi connectivity index (χ1) is 9.74. The topological polar surface area (TPSA) is 20.3 Å². The average molecular weight is 287 g/mol. The quantitative estimate of drug-likeness (QED) is 0.842. The normalized spacial score (nSPS) is 13.9. The molecule has 0 bridgehead atoms. The van der Waals surface area contributed by atoms with Gasteiger partial charge in [0, 0.05) is 17.2 Å². The summed E-state index contributed by atoms with van der Waals surface area (Å²) in [6.45, 7) is 0.704. The van der Waals surface area contributed by atoms with Crippen molar-refractivity contribution in [2.75, 3.05) is 17.2 Å². The molecule has 1 aliphatic heterocycles. The monoisotopic (exact) mass is 287 g/mol. The summed E-state index contributed by atoms with van der Waals surface area (Å²) in [6.07, 6.45) is 0.233. The van der Waals surface area contributed by atoms with Crippen molar-refractivity contribution in [3.63, 3.8) is 0 Å². The van der Waals surface area contributed by atoms with Crippen LogP contribution in [0.1, 0.15) is 5.56 Å². The molecule has 20 heavy (non-hydrogen) atoms. The van der Waals surface area contributed by atoms with Crippen LogP contribution in [0.15, 0.2) is 53.4 Å². The van der Waals surface area contributed by atoms with E-state index in [0.29, 0.717) is 12.1 Å². The van der Waals surface area contributed by atoms with Crippen molar-refractivity contribution >= 4 is 23.4 Å². The maximum absolute atomic E-state index is 13.2. The van der Waals surface area contributed by atoms with E-state index >= 15 is 0 Å².